The van der Waals surface area contributed by atoms with Crippen LogP contribution in [0.15, 0.2) is 24.3 Å². The average Bonchev–Trinajstić information content (AvgIpc) is 2.31. The molecule has 0 atom stereocenters. The molecule has 0 N–H and O–H groups in total. The van der Waals surface area contributed by atoms with Gasteiger partial charge in [-0.2, -0.15) is 0 Å². The van der Waals surface area contributed by atoms with Crippen LogP contribution in [0.1, 0.15) is 11.1 Å². The van der Waals surface area contributed by atoms with Gasteiger partial charge in [0.2, 0.25) is 0 Å². The Morgan fingerprint density at radius 3 is 1.07 bits per heavy atom. The summed E-state index contributed by atoms with van der Waals surface area (Å²) in [5.74, 6) is 0. The summed E-state index contributed by atoms with van der Waals surface area (Å²) in [6, 6.07) is 8.36. The molecule has 0 saturated heterocycles. The molecule has 0 amide bonds. The summed E-state index contributed by atoms with van der Waals surface area (Å²) in [6.45, 7) is 17.7. The van der Waals surface area contributed by atoms with Gasteiger partial charge in [-0.05, 0) is 25.0 Å². The smallest absolute Gasteiger partial charge is 0.281 e. The second kappa shape index (κ2) is 23.1. The Balaban J connectivity index is -0.0000000755. The van der Waals surface area contributed by atoms with Gasteiger partial charge in [-0.25, -0.2) is 0 Å². The summed E-state index contributed by atoms with van der Waals surface area (Å²) in [6.07, 6.45) is 0. The monoisotopic (exact) mass is 288 g/mol. The number of aryl methyl sites for hydroxylation is 2. The summed E-state index contributed by atoms with van der Waals surface area (Å²) in [5.41, 5.74) is 2.74. The molecule has 0 aliphatic rings. The molecule has 0 unspecified atom stereocenters. The first-order chi connectivity index (χ1) is 6.80. The predicted octanol–water partition coefficient (Wildman–Crippen LogP) is 1.11. The van der Waals surface area contributed by atoms with E-state index >= 15 is 0 Å². The Hall–Kier alpha value is -1.08. The molecular formula is C11H10MoO3. The van der Waals surface area contributed by atoms with E-state index in [-0.39, 0.29) is 21.1 Å². The first-order valence-electron chi connectivity index (χ1n) is 3.44. The first-order valence-corrected chi connectivity index (χ1v) is 3.44. The molecule has 0 aliphatic carbocycles. The molecule has 6 radical (unpaired) electrons. The zero-order valence-electron chi connectivity index (χ0n) is 8.44. The zero-order valence-corrected chi connectivity index (χ0v) is 10.4. The molecule has 0 heterocycles. The first kappa shape index (κ1) is 23.6. The van der Waals surface area contributed by atoms with Crippen molar-refractivity contribution in [3.8, 4) is 0 Å². The van der Waals surface area contributed by atoms with E-state index in [2.05, 4.69) is 58.5 Å². The van der Waals surface area contributed by atoms with Crippen LogP contribution in [0.2, 0.25) is 0 Å². The standard InChI is InChI=1S/C8H10.3CO.Mo/c1-7-5-3-4-6-8(7)2;3*1-2;/h3-6H,1-2H3;;;;. The van der Waals surface area contributed by atoms with Crippen molar-refractivity contribution >= 4 is 20.4 Å². The molecule has 1 aromatic carbocycles. The Morgan fingerprint density at radius 1 is 0.733 bits per heavy atom. The van der Waals surface area contributed by atoms with Crippen LogP contribution in [-0.2, 0) is 35.4 Å². The van der Waals surface area contributed by atoms with E-state index in [9.17, 15) is 0 Å². The van der Waals surface area contributed by atoms with Gasteiger partial charge < -0.3 is 0 Å². The van der Waals surface area contributed by atoms with E-state index in [0.29, 0.717) is 0 Å². The molecule has 1 rings (SSSR count). The van der Waals surface area contributed by atoms with Crippen LogP contribution in [0, 0.1) is 13.8 Å². The molecular weight excluding hydrogens is 276 g/mol. The zero-order chi connectivity index (χ0) is 12.0. The minimum atomic E-state index is 0. The predicted molar refractivity (Wildman–Crippen MR) is 53.0 cm³/mol. The maximum absolute atomic E-state index is 7.50. The molecule has 0 aromatic heterocycles. The van der Waals surface area contributed by atoms with Crippen LogP contribution in [0.25, 0.3) is 0 Å². The SMILES string of the molecule is Cc1ccccc1C.[C]=O.[C]=O.[C]=O.[Mo]. The maximum atomic E-state index is 7.50. The molecule has 0 aliphatic heterocycles. The minimum Gasteiger partial charge on any atom is -0.281 e. The molecule has 15 heavy (non-hydrogen) atoms. The Bertz CT molecular complexity index is 203. The van der Waals surface area contributed by atoms with Gasteiger partial charge in [0.25, 0.3) is 20.4 Å². The van der Waals surface area contributed by atoms with Crippen LogP contribution in [0.4, 0.5) is 0 Å². The van der Waals surface area contributed by atoms with E-state index in [1.165, 1.54) is 11.1 Å². The third kappa shape index (κ3) is 15.7. The van der Waals surface area contributed by atoms with Crippen molar-refractivity contribution in [2.24, 2.45) is 0 Å². The Morgan fingerprint density at radius 2 is 0.933 bits per heavy atom. The second-order valence-corrected chi connectivity index (χ2v) is 2.08. The largest absolute Gasteiger partial charge is 0.281 e. The number of rotatable bonds is 0. The van der Waals surface area contributed by atoms with Gasteiger partial charge in [0, 0.05) is 21.1 Å². The van der Waals surface area contributed by atoms with Crippen LogP contribution in [0.3, 0.4) is 0 Å². The Kier molecular flexibility index (Phi) is 36.3. The number of benzene rings is 1. The topological polar surface area (TPSA) is 51.2 Å². The summed E-state index contributed by atoms with van der Waals surface area (Å²) in [7, 11) is 0. The Labute approximate surface area is 105 Å². The fourth-order valence-corrected chi connectivity index (χ4v) is 0.663. The fourth-order valence-electron chi connectivity index (χ4n) is 0.663. The van der Waals surface area contributed by atoms with Gasteiger partial charge in [-0.15, -0.1) is 0 Å². The van der Waals surface area contributed by atoms with E-state index in [1.54, 1.807) is 0 Å². The van der Waals surface area contributed by atoms with Gasteiger partial charge in [-0.1, -0.05) is 24.3 Å². The number of hydrogen-bond acceptors (Lipinski definition) is 3. The molecule has 4 heteroatoms. The molecule has 0 fully saturated rings. The number of carbonyl (C=O) groups excluding carboxylic acids is 3. The van der Waals surface area contributed by atoms with E-state index in [1.807, 2.05) is 0 Å². The molecule has 0 bridgehead atoms. The maximum Gasteiger partial charge on any atom is 0.281 e. The van der Waals surface area contributed by atoms with Crippen molar-refractivity contribution in [3.63, 3.8) is 0 Å². The summed E-state index contributed by atoms with van der Waals surface area (Å²) in [5, 5.41) is 0. The summed E-state index contributed by atoms with van der Waals surface area (Å²) < 4.78 is 0. The molecule has 0 saturated carbocycles. The van der Waals surface area contributed by atoms with Crippen molar-refractivity contribution in [2.45, 2.75) is 13.8 Å². The second-order valence-electron chi connectivity index (χ2n) is 2.08. The normalized spacial score (nSPS) is 5.73. The van der Waals surface area contributed by atoms with E-state index in [0.717, 1.165) is 0 Å². The molecule has 1 aromatic rings. The van der Waals surface area contributed by atoms with Crippen LogP contribution < -0.4 is 0 Å². The summed E-state index contributed by atoms with van der Waals surface area (Å²) >= 11 is 0. The van der Waals surface area contributed by atoms with Gasteiger partial charge in [0.15, 0.2) is 0 Å². The van der Waals surface area contributed by atoms with Crippen molar-refractivity contribution in [3.05, 3.63) is 35.4 Å². The summed E-state index contributed by atoms with van der Waals surface area (Å²) in [4.78, 5) is 22.5. The van der Waals surface area contributed by atoms with E-state index in [4.69, 9.17) is 14.4 Å². The van der Waals surface area contributed by atoms with Crippen LogP contribution in [-0.4, -0.2) is 20.4 Å². The van der Waals surface area contributed by atoms with Crippen molar-refractivity contribution in [1.82, 2.24) is 0 Å². The van der Waals surface area contributed by atoms with Crippen LogP contribution in [0.5, 0.6) is 0 Å². The third-order valence-corrected chi connectivity index (χ3v) is 1.43. The van der Waals surface area contributed by atoms with Gasteiger partial charge >= 0.3 is 0 Å². The van der Waals surface area contributed by atoms with Crippen LogP contribution >= 0.6 is 0 Å². The number of hydrogen-bond donors (Lipinski definition) is 0. The van der Waals surface area contributed by atoms with Gasteiger partial charge in [0.05, 0.1) is 0 Å². The molecule has 78 valence electrons. The van der Waals surface area contributed by atoms with Crippen molar-refractivity contribution < 1.29 is 35.4 Å². The minimum absolute atomic E-state index is 0. The molecule has 3 nitrogen and oxygen atoms in total. The quantitative estimate of drug-likeness (QED) is 0.671. The van der Waals surface area contributed by atoms with Gasteiger partial charge in [0.1, 0.15) is 0 Å². The van der Waals surface area contributed by atoms with E-state index < -0.39 is 0 Å². The third-order valence-electron chi connectivity index (χ3n) is 1.43. The average molecular weight is 286 g/mol. The van der Waals surface area contributed by atoms with Crippen molar-refractivity contribution in [2.75, 3.05) is 0 Å². The van der Waals surface area contributed by atoms with Gasteiger partial charge in [-0.3, -0.25) is 14.4 Å². The van der Waals surface area contributed by atoms with Crippen molar-refractivity contribution in [1.29, 1.82) is 0 Å². The molecule has 0 spiro atoms. The fraction of sp³-hybridized carbons (Fsp3) is 0.182.